The highest BCUT2D eigenvalue weighted by molar-refractivity contribution is 5.95. The van der Waals surface area contributed by atoms with Crippen molar-refractivity contribution in [1.82, 2.24) is 9.97 Å². The van der Waals surface area contributed by atoms with Crippen molar-refractivity contribution in [2.75, 3.05) is 5.32 Å². The van der Waals surface area contributed by atoms with Gasteiger partial charge in [-0.2, -0.15) is 0 Å². The highest BCUT2D eigenvalue weighted by Gasteiger charge is 2.22. The fourth-order valence-corrected chi connectivity index (χ4v) is 2.30. The van der Waals surface area contributed by atoms with Gasteiger partial charge in [-0.3, -0.25) is 4.79 Å². The van der Waals surface area contributed by atoms with Gasteiger partial charge in [0, 0.05) is 16.7 Å². The van der Waals surface area contributed by atoms with Gasteiger partial charge in [-0.1, -0.05) is 45.0 Å². The number of H-pyrrole nitrogens is 1. The van der Waals surface area contributed by atoms with Gasteiger partial charge in [0.05, 0.1) is 11.0 Å². The Morgan fingerprint density at radius 1 is 1.13 bits per heavy atom. The van der Waals surface area contributed by atoms with Gasteiger partial charge in [-0.05, 0) is 30.7 Å². The number of imidazole rings is 1. The topological polar surface area (TPSA) is 57.8 Å². The van der Waals surface area contributed by atoms with Gasteiger partial charge in [0.2, 0.25) is 5.91 Å². The van der Waals surface area contributed by atoms with Crippen molar-refractivity contribution in [3.63, 3.8) is 0 Å². The first-order chi connectivity index (χ1) is 10.8. The van der Waals surface area contributed by atoms with Crippen molar-refractivity contribution in [1.29, 1.82) is 0 Å². The van der Waals surface area contributed by atoms with Crippen molar-refractivity contribution in [2.24, 2.45) is 5.41 Å². The predicted molar refractivity (Wildman–Crippen MR) is 94.4 cm³/mol. The number of benzene rings is 2. The average Bonchev–Trinajstić information content (AvgIpc) is 2.92. The number of aryl methyl sites for hydroxylation is 1. The molecular weight excluding hydrogens is 286 g/mol. The second kappa shape index (κ2) is 5.54. The van der Waals surface area contributed by atoms with Crippen LogP contribution in [0.3, 0.4) is 0 Å². The van der Waals surface area contributed by atoms with E-state index >= 15 is 0 Å². The van der Waals surface area contributed by atoms with E-state index in [-0.39, 0.29) is 5.91 Å². The minimum atomic E-state index is -0.429. The smallest absolute Gasteiger partial charge is 0.229 e. The number of rotatable bonds is 2. The fourth-order valence-electron chi connectivity index (χ4n) is 2.30. The summed E-state index contributed by atoms with van der Waals surface area (Å²) in [6, 6.07) is 13.9. The molecule has 0 saturated carbocycles. The van der Waals surface area contributed by atoms with Gasteiger partial charge in [0.25, 0.3) is 0 Å². The van der Waals surface area contributed by atoms with E-state index in [1.54, 1.807) is 0 Å². The second-order valence-electron chi connectivity index (χ2n) is 6.84. The van der Waals surface area contributed by atoms with Crippen LogP contribution in [-0.2, 0) is 4.79 Å². The molecule has 0 fully saturated rings. The van der Waals surface area contributed by atoms with E-state index < -0.39 is 5.41 Å². The lowest BCUT2D eigenvalue weighted by molar-refractivity contribution is -0.123. The Morgan fingerprint density at radius 3 is 2.57 bits per heavy atom. The first-order valence-electron chi connectivity index (χ1n) is 7.72. The van der Waals surface area contributed by atoms with Crippen LogP contribution in [0.2, 0.25) is 0 Å². The lowest BCUT2D eigenvalue weighted by atomic mass is 9.95. The van der Waals surface area contributed by atoms with E-state index in [0.29, 0.717) is 0 Å². The number of hydrogen-bond acceptors (Lipinski definition) is 2. The zero-order chi connectivity index (χ0) is 16.6. The first kappa shape index (κ1) is 15.3. The summed E-state index contributed by atoms with van der Waals surface area (Å²) in [4.78, 5) is 20.2. The Kier molecular flexibility index (Phi) is 3.68. The van der Waals surface area contributed by atoms with E-state index in [9.17, 15) is 4.79 Å². The molecule has 118 valence electrons. The number of carbonyl (C=O) groups is 1. The lowest BCUT2D eigenvalue weighted by Gasteiger charge is -2.19. The zero-order valence-corrected chi connectivity index (χ0v) is 13.9. The van der Waals surface area contributed by atoms with E-state index in [1.807, 2.05) is 70.2 Å². The van der Waals surface area contributed by atoms with E-state index in [1.165, 1.54) is 0 Å². The third-order valence-electron chi connectivity index (χ3n) is 3.83. The van der Waals surface area contributed by atoms with Gasteiger partial charge in [0.1, 0.15) is 5.82 Å². The number of amides is 1. The number of hydrogen-bond donors (Lipinski definition) is 2. The van der Waals surface area contributed by atoms with Crippen LogP contribution in [0, 0.1) is 12.3 Å². The molecule has 23 heavy (non-hydrogen) atoms. The summed E-state index contributed by atoms with van der Waals surface area (Å²) in [6.45, 7) is 7.70. The van der Waals surface area contributed by atoms with Gasteiger partial charge in [-0.25, -0.2) is 4.98 Å². The molecule has 0 aliphatic heterocycles. The summed E-state index contributed by atoms with van der Waals surface area (Å²) in [5.74, 6) is 0.805. The SMILES string of the molecule is Cc1ccc(-c2nc3ccccc3[nH]2)cc1NC(=O)C(C)(C)C. The summed E-state index contributed by atoms with van der Waals surface area (Å²) in [5, 5.41) is 3.01. The van der Waals surface area contributed by atoms with Crippen LogP contribution in [0.25, 0.3) is 22.4 Å². The molecule has 1 amide bonds. The van der Waals surface area contributed by atoms with Crippen molar-refractivity contribution in [3.8, 4) is 11.4 Å². The van der Waals surface area contributed by atoms with E-state index in [4.69, 9.17) is 0 Å². The molecule has 2 N–H and O–H groups in total. The number of aromatic nitrogens is 2. The molecule has 0 bridgehead atoms. The molecule has 4 nitrogen and oxygen atoms in total. The van der Waals surface area contributed by atoms with Crippen LogP contribution in [-0.4, -0.2) is 15.9 Å². The van der Waals surface area contributed by atoms with Crippen molar-refractivity contribution < 1.29 is 4.79 Å². The first-order valence-corrected chi connectivity index (χ1v) is 7.72. The van der Waals surface area contributed by atoms with E-state index in [0.717, 1.165) is 33.7 Å². The maximum Gasteiger partial charge on any atom is 0.229 e. The molecule has 4 heteroatoms. The molecule has 1 aromatic heterocycles. The van der Waals surface area contributed by atoms with Gasteiger partial charge in [-0.15, -0.1) is 0 Å². The second-order valence-corrected chi connectivity index (χ2v) is 6.84. The van der Waals surface area contributed by atoms with Crippen molar-refractivity contribution in [2.45, 2.75) is 27.7 Å². The third kappa shape index (κ3) is 3.11. The summed E-state index contributed by atoms with van der Waals surface area (Å²) in [6.07, 6.45) is 0. The molecule has 0 spiro atoms. The number of carbonyl (C=O) groups excluding carboxylic acids is 1. The fraction of sp³-hybridized carbons (Fsp3) is 0.263. The largest absolute Gasteiger partial charge is 0.338 e. The Balaban J connectivity index is 1.98. The highest BCUT2D eigenvalue weighted by atomic mass is 16.2. The van der Waals surface area contributed by atoms with Crippen LogP contribution < -0.4 is 5.32 Å². The van der Waals surface area contributed by atoms with Crippen molar-refractivity contribution >= 4 is 22.6 Å². The lowest BCUT2D eigenvalue weighted by Crippen LogP contribution is -2.27. The molecule has 0 aliphatic carbocycles. The van der Waals surface area contributed by atoms with Gasteiger partial charge < -0.3 is 10.3 Å². The standard InChI is InChI=1S/C19H21N3O/c1-12-9-10-13(11-16(12)22-18(23)19(2,3)4)17-20-14-7-5-6-8-15(14)21-17/h5-11H,1-4H3,(H,20,21)(H,22,23). The third-order valence-corrected chi connectivity index (χ3v) is 3.83. The monoisotopic (exact) mass is 307 g/mol. The summed E-state index contributed by atoms with van der Waals surface area (Å²) in [5.41, 5.74) is 4.31. The van der Waals surface area contributed by atoms with Crippen LogP contribution in [0.5, 0.6) is 0 Å². The normalized spacial score (nSPS) is 11.7. The maximum absolute atomic E-state index is 12.2. The Hall–Kier alpha value is -2.62. The number of nitrogens with zero attached hydrogens (tertiary/aromatic N) is 1. The highest BCUT2D eigenvalue weighted by Crippen LogP contribution is 2.27. The molecule has 0 saturated heterocycles. The molecule has 0 atom stereocenters. The molecule has 1 heterocycles. The van der Waals surface area contributed by atoms with Crippen LogP contribution in [0.15, 0.2) is 42.5 Å². The minimum absolute atomic E-state index is 0.00218. The average molecular weight is 307 g/mol. The van der Waals surface area contributed by atoms with Crippen molar-refractivity contribution in [3.05, 3.63) is 48.0 Å². The minimum Gasteiger partial charge on any atom is -0.338 e. The van der Waals surface area contributed by atoms with Gasteiger partial charge >= 0.3 is 0 Å². The number of nitrogens with one attached hydrogen (secondary N) is 2. The Bertz CT molecular complexity index is 839. The molecular formula is C19H21N3O. The maximum atomic E-state index is 12.2. The number of aromatic amines is 1. The molecule has 3 aromatic rings. The zero-order valence-electron chi connectivity index (χ0n) is 13.9. The molecule has 0 radical (unpaired) electrons. The predicted octanol–water partition coefficient (Wildman–Crippen LogP) is 4.52. The summed E-state index contributed by atoms with van der Waals surface area (Å²) < 4.78 is 0. The number of fused-ring (bicyclic) bond motifs is 1. The molecule has 2 aromatic carbocycles. The number of anilines is 1. The Morgan fingerprint density at radius 2 is 1.87 bits per heavy atom. The Labute approximate surface area is 136 Å². The quantitative estimate of drug-likeness (QED) is 0.731. The number of para-hydroxylation sites is 2. The van der Waals surface area contributed by atoms with Gasteiger partial charge in [0.15, 0.2) is 0 Å². The molecule has 0 aliphatic rings. The summed E-state index contributed by atoms with van der Waals surface area (Å²) in [7, 11) is 0. The van der Waals surface area contributed by atoms with Crippen LogP contribution >= 0.6 is 0 Å². The molecule has 3 rings (SSSR count). The van der Waals surface area contributed by atoms with E-state index in [2.05, 4.69) is 15.3 Å². The van der Waals surface area contributed by atoms with Crippen LogP contribution in [0.4, 0.5) is 5.69 Å². The van der Waals surface area contributed by atoms with Crippen LogP contribution in [0.1, 0.15) is 26.3 Å². The molecule has 0 unspecified atom stereocenters. The summed E-state index contributed by atoms with van der Waals surface area (Å²) >= 11 is 0.